The van der Waals surface area contributed by atoms with E-state index in [1.165, 1.54) is 43.7 Å². The fourth-order valence-corrected chi connectivity index (χ4v) is 4.47. The number of hydrogen-bond donors (Lipinski definition) is 1. The van der Waals surface area contributed by atoms with Gasteiger partial charge in [0.05, 0.1) is 10.6 Å². The number of anilines is 1. The van der Waals surface area contributed by atoms with E-state index in [2.05, 4.69) is 40.0 Å². The first-order valence-electron chi connectivity index (χ1n) is 8.67. The summed E-state index contributed by atoms with van der Waals surface area (Å²) in [6, 6.07) is 11.2. The minimum absolute atomic E-state index is 0. The van der Waals surface area contributed by atoms with Gasteiger partial charge in [-0.25, -0.2) is 4.99 Å². The van der Waals surface area contributed by atoms with Crippen molar-refractivity contribution < 1.29 is 0 Å². The third-order valence-electron chi connectivity index (χ3n) is 5.05. The second-order valence-electron chi connectivity index (χ2n) is 6.79. The summed E-state index contributed by atoms with van der Waals surface area (Å²) in [4.78, 5) is 10.7. The van der Waals surface area contributed by atoms with Gasteiger partial charge in [-0.15, -0.1) is 36.2 Å². The van der Waals surface area contributed by atoms with Crippen LogP contribution in [-0.2, 0) is 6.42 Å². The smallest absolute Gasteiger partial charge is 0.141 e. The topological polar surface area (TPSA) is 44.9 Å². The molecule has 1 fully saturated rings. The van der Waals surface area contributed by atoms with Crippen molar-refractivity contribution in [3.8, 4) is 0 Å². The lowest BCUT2D eigenvalue weighted by Crippen LogP contribution is -2.40. The average Bonchev–Trinajstić information content (AvgIpc) is 3.25. The van der Waals surface area contributed by atoms with Crippen molar-refractivity contribution in [1.82, 2.24) is 4.90 Å². The van der Waals surface area contributed by atoms with Gasteiger partial charge in [0.15, 0.2) is 0 Å². The van der Waals surface area contributed by atoms with E-state index in [1.54, 1.807) is 11.3 Å². The molecule has 0 saturated carbocycles. The standard InChI is InChI=1S/C19H24N4S.2ClH/c1-22-10-8-16(13-22)23-9-2-4-14-12-15(6-7-17(14)23)21-19(20)18-5-3-11-24-18;;/h3,5-7,11-12,16H,2,4,8-10,13H2,1H3,(H2,20,21);2*1H. The number of aryl methyl sites for hydroxylation is 1. The van der Waals surface area contributed by atoms with Crippen LogP contribution >= 0.6 is 36.2 Å². The number of fused-ring (bicyclic) bond motifs is 1. The molecule has 1 aromatic carbocycles. The Morgan fingerprint density at radius 1 is 1.23 bits per heavy atom. The molecule has 0 spiro atoms. The lowest BCUT2D eigenvalue weighted by Gasteiger charge is -2.36. The molecule has 142 valence electrons. The number of nitrogens with two attached hydrogens (primary N) is 1. The zero-order valence-electron chi connectivity index (χ0n) is 14.9. The summed E-state index contributed by atoms with van der Waals surface area (Å²) in [6.07, 6.45) is 3.62. The first-order valence-corrected chi connectivity index (χ1v) is 9.55. The van der Waals surface area contributed by atoms with E-state index in [4.69, 9.17) is 5.73 Å². The molecule has 3 heterocycles. The van der Waals surface area contributed by atoms with Crippen LogP contribution in [0.3, 0.4) is 0 Å². The van der Waals surface area contributed by atoms with Crippen molar-refractivity contribution in [2.45, 2.75) is 25.3 Å². The largest absolute Gasteiger partial charge is 0.383 e. The van der Waals surface area contributed by atoms with Crippen molar-refractivity contribution in [2.24, 2.45) is 10.7 Å². The molecule has 1 atom stereocenters. The van der Waals surface area contributed by atoms with Crippen LogP contribution < -0.4 is 10.6 Å². The minimum Gasteiger partial charge on any atom is -0.383 e. The molecule has 1 unspecified atom stereocenters. The Hall–Kier alpha value is -1.27. The molecule has 4 nitrogen and oxygen atoms in total. The van der Waals surface area contributed by atoms with E-state index in [-0.39, 0.29) is 24.8 Å². The summed E-state index contributed by atoms with van der Waals surface area (Å²) in [5.74, 6) is 0.607. The molecule has 2 aromatic rings. The van der Waals surface area contributed by atoms with Crippen LogP contribution in [0.2, 0.25) is 0 Å². The van der Waals surface area contributed by atoms with Crippen LogP contribution in [-0.4, -0.2) is 43.5 Å². The number of hydrogen-bond acceptors (Lipinski definition) is 4. The molecule has 2 aliphatic rings. The maximum Gasteiger partial charge on any atom is 0.141 e. The van der Waals surface area contributed by atoms with Gasteiger partial charge < -0.3 is 15.5 Å². The van der Waals surface area contributed by atoms with Crippen LogP contribution in [0.5, 0.6) is 0 Å². The normalized spacial score (nSPS) is 20.3. The summed E-state index contributed by atoms with van der Waals surface area (Å²) < 4.78 is 0. The van der Waals surface area contributed by atoms with Gasteiger partial charge in [0, 0.05) is 24.8 Å². The van der Waals surface area contributed by atoms with Crippen molar-refractivity contribution in [3.63, 3.8) is 0 Å². The number of thiophene rings is 1. The summed E-state index contributed by atoms with van der Waals surface area (Å²) in [7, 11) is 2.22. The number of benzene rings is 1. The fraction of sp³-hybridized carbons (Fsp3) is 0.421. The first kappa shape index (κ1) is 21.0. The number of nitrogens with zero attached hydrogens (tertiary/aromatic N) is 3. The molecule has 0 bridgehead atoms. The highest BCUT2D eigenvalue weighted by Crippen LogP contribution is 2.34. The van der Waals surface area contributed by atoms with Crippen molar-refractivity contribution in [1.29, 1.82) is 0 Å². The van der Waals surface area contributed by atoms with Gasteiger partial charge in [-0.3, -0.25) is 0 Å². The Morgan fingerprint density at radius 3 is 2.77 bits per heavy atom. The number of amidine groups is 1. The Morgan fingerprint density at radius 2 is 2.08 bits per heavy atom. The van der Waals surface area contributed by atoms with Gasteiger partial charge in [-0.1, -0.05) is 6.07 Å². The summed E-state index contributed by atoms with van der Waals surface area (Å²) in [6.45, 7) is 3.55. The number of likely N-dealkylation sites (tertiary alicyclic amines) is 1. The van der Waals surface area contributed by atoms with Gasteiger partial charge in [0.2, 0.25) is 0 Å². The Bertz CT molecular complexity index is 748. The fourth-order valence-electron chi connectivity index (χ4n) is 3.85. The zero-order valence-corrected chi connectivity index (χ0v) is 17.4. The molecular formula is C19H26Cl2N4S. The quantitative estimate of drug-likeness (QED) is 0.609. The zero-order chi connectivity index (χ0) is 16.5. The van der Waals surface area contributed by atoms with Gasteiger partial charge in [-0.05, 0) is 68.1 Å². The second kappa shape index (κ2) is 9.09. The van der Waals surface area contributed by atoms with Gasteiger partial charge in [0.1, 0.15) is 5.84 Å². The average molecular weight is 413 g/mol. The number of aliphatic imine (C=N–C) groups is 1. The third kappa shape index (κ3) is 4.34. The van der Waals surface area contributed by atoms with E-state index in [0.29, 0.717) is 11.9 Å². The molecule has 1 saturated heterocycles. The van der Waals surface area contributed by atoms with Crippen LogP contribution in [0.1, 0.15) is 23.3 Å². The lowest BCUT2D eigenvalue weighted by molar-refractivity contribution is 0.406. The molecular weight excluding hydrogens is 387 g/mol. The summed E-state index contributed by atoms with van der Waals surface area (Å²) >= 11 is 1.63. The van der Waals surface area contributed by atoms with Crippen molar-refractivity contribution >= 4 is 53.4 Å². The predicted molar refractivity (Wildman–Crippen MR) is 117 cm³/mol. The molecule has 26 heavy (non-hydrogen) atoms. The molecule has 2 aliphatic heterocycles. The molecule has 0 amide bonds. The van der Waals surface area contributed by atoms with Gasteiger partial charge in [0.25, 0.3) is 0 Å². The maximum absolute atomic E-state index is 6.13. The lowest BCUT2D eigenvalue weighted by atomic mass is 9.99. The maximum atomic E-state index is 6.13. The Kier molecular flexibility index (Phi) is 7.35. The van der Waals surface area contributed by atoms with E-state index < -0.39 is 0 Å². The molecule has 1 aromatic heterocycles. The highest BCUT2D eigenvalue weighted by molar-refractivity contribution is 7.12. The first-order chi connectivity index (χ1) is 11.7. The van der Waals surface area contributed by atoms with E-state index in [0.717, 1.165) is 17.0 Å². The molecule has 7 heteroatoms. The summed E-state index contributed by atoms with van der Waals surface area (Å²) in [5.41, 5.74) is 9.91. The van der Waals surface area contributed by atoms with Crippen LogP contribution in [0.4, 0.5) is 11.4 Å². The Labute approximate surface area is 171 Å². The van der Waals surface area contributed by atoms with Crippen molar-refractivity contribution in [2.75, 3.05) is 31.6 Å². The highest BCUT2D eigenvalue weighted by atomic mass is 35.5. The van der Waals surface area contributed by atoms with E-state index >= 15 is 0 Å². The SMILES string of the molecule is CN1CCC(N2CCCc3cc(N=C(N)c4cccs4)ccc32)C1.Cl.Cl. The number of halogens is 2. The van der Waals surface area contributed by atoms with E-state index in [9.17, 15) is 0 Å². The monoisotopic (exact) mass is 412 g/mol. The summed E-state index contributed by atoms with van der Waals surface area (Å²) in [5, 5.41) is 2.03. The van der Waals surface area contributed by atoms with Gasteiger partial charge >= 0.3 is 0 Å². The Balaban J connectivity index is 0.00000121. The van der Waals surface area contributed by atoms with Crippen molar-refractivity contribution in [3.05, 3.63) is 46.2 Å². The molecule has 0 aliphatic carbocycles. The van der Waals surface area contributed by atoms with Crippen LogP contribution in [0, 0.1) is 0 Å². The molecule has 4 rings (SSSR count). The molecule has 0 radical (unpaired) electrons. The number of rotatable bonds is 3. The molecule has 2 N–H and O–H groups in total. The van der Waals surface area contributed by atoms with Crippen LogP contribution in [0.15, 0.2) is 40.7 Å². The predicted octanol–water partition coefficient (Wildman–Crippen LogP) is 4.09. The second-order valence-corrected chi connectivity index (χ2v) is 7.74. The number of likely N-dealkylation sites (N-methyl/N-ethyl adjacent to an activating group) is 1. The highest BCUT2D eigenvalue weighted by Gasteiger charge is 2.28. The van der Waals surface area contributed by atoms with E-state index in [1.807, 2.05) is 17.5 Å². The third-order valence-corrected chi connectivity index (χ3v) is 5.94. The van der Waals surface area contributed by atoms with Gasteiger partial charge in [-0.2, -0.15) is 0 Å². The minimum atomic E-state index is 0. The van der Waals surface area contributed by atoms with Crippen LogP contribution in [0.25, 0.3) is 0 Å².